The zero-order valence-electron chi connectivity index (χ0n) is 22.4. The second kappa shape index (κ2) is 12.6. The molecule has 0 fully saturated rings. The minimum atomic E-state index is -0.308. The van der Waals surface area contributed by atoms with Gasteiger partial charge in [-0.05, 0) is 75.1 Å². The number of amides is 1. The molecule has 0 spiro atoms. The van der Waals surface area contributed by atoms with E-state index >= 15 is 0 Å². The number of carbonyl (C=O) groups is 1. The van der Waals surface area contributed by atoms with Gasteiger partial charge in [-0.25, -0.2) is 14.4 Å². The van der Waals surface area contributed by atoms with Gasteiger partial charge in [-0.15, -0.1) is 0 Å². The predicted octanol–water partition coefficient (Wildman–Crippen LogP) is 5.99. The van der Waals surface area contributed by atoms with Crippen LogP contribution in [-0.4, -0.2) is 53.7 Å². The first-order valence-electron chi connectivity index (χ1n) is 13.1. The number of aromatic nitrogens is 2. The molecule has 0 aliphatic carbocycles. The van der Waals surface area contributed by atoms with E-state index in [1.54, 1.807) is 30.5 Å². The lowest BCUT2D eigenvalue weighted by Gasteiger charge is -2.14. The van der Waals surface area contributed by atoms with Crippen LogP contribution in [0.2, 0.25) is 0 Å². The van der Waals surface area contributed by atoms with E-state index in [4.69, 9.17) is 9.98 Å². The van der Waals surface area contributed by atoms with E-state index in [9.17, 15) is 9.18 Å². The molecular weight excluding hydrogens is 618 g/mol. The van der Waals surface area contributed by atoms with Gasteiger partial charge in [0.2, 0.25) is 5.95 Å². The Morgan fingerprint density at radius 2 is 1.82 bits per heavy atom. The lowest BCUT2D eigenvalue weighted by atomic mass is 9.93. The molecule has 0 atom stereocenters. The van der Waals surface area contributed by atoms with E-state index in [2.05, 4.69) is 55.2 Å². The second-order valence-corrected chi connectivity index (χ2v) is 10.6. The highest BCUT2D eigenvalue weighted by Crippen LogP contribution is 2.33. The van der Waals surface area contributed by atoms with E-state index < -0.39 is 0 Å². The monoisotopic (exact) mass is 648 g/mol. The average molecular weight is 649 g/mol. The molecule has 5 rings (SSSR count). The number of rotatable bonds is 9. The summed E-state index contributed by atoms with van der Waals surface area (Å²) in [5.74, 6) is 0.0229. The Labute approximate surface area is 247 Å². The molecule has 1 aromatic heterocycles. The van der Waals surface area contributed by atoms with Crippen molar-refractivity contribution in [3.63, 3.8) is 0 Å². The van der Waals surface area contributed by atoms with Crippen LogP contribution in [0, 0.1) is 5.82 Å². The van der Waals surface area contributed by atoms with Crippen molar-refractivity contribution < 1.29 is 9.18 Å². The topological polar surface area (TPSA) is 82.5 Å². The first kappa shape index (κ1) is 27.9. The van der Waals surface area contributed by atoms with Crippen LogP contribution in [0.3, 0.4) is 0 Å². The number of nitrogens with zero attached hydrogens (tertiary/aromatic N) is 4. The zero-order chi connectivity index (χ0) is 28.1. The fourth-order valence-electron chi connectivity index (χ4n) is 4.56. The summed E-state index contributed by atoms with van der Waals surface area (Å²) in [4.78, 5) is 28.8. The minimum Gasteiger partial charge on any atom is -0.352 e. The number of carbonyl (C=O) groups excluding carboxylic acids is 1. The third-order valence-corrected chi connectivity index (χ3v) is 7.50. The fraction of sp³-hybridized carbons (Fsp3) is 0.226. The van der Waals surface area contributed by atoms with Crippen LogP contribution in [0.1, 0.15) is 39.0 Å². The summed E-state index contributed by atoms with van der Waals surface area (Å²) in [6.45, 7) is 1.89. The van der Waals surface area contributed by atoms with Gasteiger partial charge in [0.25, 0.3) is 5.91 Å². The SMILES string of the molecule is CN(C)CCCNC(=O)c1ccc(Nc2ncc3c(n2)-c2ccc(CI)cc2C(c2ccccc2F)=NC3)cc1. The van der Waals surface area contributed by atoms with Gasteiger partial charge in [-0.2, -0.15) is 0 Å². The maximum absolute atomic E-state index is 14.9. The van der Waals surface area contributed by atoms with Crippen LogP contribution in [0.15, 0.2) is 77.9 Å². The summed E-state index contributed by atoms with van der Waals surface area (Å²) >= 11 is 2.32. The predicted molar refractivity (Wildman–Crippen MR) is 166 cm³/mol. The lowest BCUT2D eigenvalue weighted by Crippen LogP contribution is -2.27. The molecule has 1 aliphatic heterocycles. The Bertz CT molecular complexity index is 1550. The number of hydrogen-bond acceptors (Lipinski definition) is 6. The number of nitrogens with one attached hydrogen (secondary N) is 2. The molecule has 0 bridgehead atoms. The van der Waals surface area contributed by atoms with Crippen LogP contribution < -0.4 is 10.6 Å². The standard InChI is InChI=1S/C31H30FIN6O/c1-39(2)15-5-14-34-30(40)21-9-11-23(12-10-21)37-31-36-19-22-18-35-29(25-6-3-4-7-27(25)32)26-16-20(17-33)8-13-24(26)28(22)38-31/h3-4,6-13,16,19H,5,14-15,17-18H2,1-2H3,(H,34,40)(H,36,37,38). The first-order chi connectivity index (χ1) is 19.4. The molecule has 2 heterocycles. The maximum atomic E-state index is 14.9. The summed E-state index contributed by atoms with van der Waals surface area (Å²) in [6.07, 6.45) is 2.66. The first-order valence-corrected chi connectivity index (χ1v) is 14.6. The van der Waals surface area contributed by atoms with Gasteiger partial charge in [0.05, 0.1) is 18.0 Å². The molecule has 204 valence electrons. The van der Waals surface area contributed by atoms with Crippen molar-refractivity contribution in [1.29, 1.82) is 0 Å². The van der Waals surface area contributed by atoms with E-state index in [1.807, 2.05) is 38.4 Å². The van der Waals surface area contributed by atoms with Gasteiger partial charge in [-0.1, -0.05) is 46.9 Å². The van der Waals surface area contributed by atoms with E-state index in [1.165, 1.54) is 6.07 Å². The molecule has 40 heavy (non-hydrogen) atoms. The maximum Gasteiger partial charge on any atom is 0.251 e. The number of halogens is 2. The number of fused-ring (bicyclic) bond motifs is 3. The quantitative estimate of drug-likeness (QED) is 0.132. The molecule has 9 heteroatoms. The van der Waals surface area contributed by atoms with E-state index in [0.717, 1.165) is 51.0 Å². The Morgan fingerprint density at radius 1 is 1.02 bits per heavy atom. The summed E-state index contributed by atoms with van der Waals surface area (Å²) in [7, 11) is 4.03. The third kappa shape index (κ3) is 6.37. The van der Waals surface area contributed by atoms with Gasteiger partial charge >= 0.3 is 0 Å². The van der Waals surface area contributed by atoms with Gasteiger partial charge < -0.3 is 15.5 Å². The zero-order valence-corrected chi connectivity index (χ0v) is 24.6. The fourth-order valence-corrected chi connectivity index (χ4v) is 5.03. The lowest BCUT2D eigenvalue weighted by molar-refractivity contribution is 0.0952. The Morgan fingerprint density at radius 3 is 2.58 bits per heavy atom. The molecule has 0 saturated heterocycles. The van der Waals surface area contributed by atoms with Crippen LogP contribution in [0.25, 0.3) is 11.3 Å². The highest BCUT2D eigenvalue weighted by Gasteiger charge is 2.23. The molecule has 3 aromatic carbocycles. The van der Waals surface area contributed by atoms with Gasteiger partial charge in [0, 0.05) is 50.7 Å². The molecule has 4 aromatic rings. The number of hydrogen-bond donors (Lipinski definition) is 2. The molecule has 0 radical (unpaired) electrons. The molecule has 2 N–H and O–H groups in total. The highest BCUT2D eigenvalue weighted by molar-refractivity contribution is 14.1. The van der Waals surface area contributed by atoms with Crippen LogP contribution in [0.5, 0.6) is 0 Å². The van der Waals surface area contributed by atoms with Crippen molar-refractivity contribution in [1.82, 2.24) is 20.2 Å². The largest absolute Gasteiger partial charge is 0.352 e. The second-order valence-electron chi connectivity index (χ2n) is 9.84. The molecule has 7 nitrogen and oxygen atoms in total. The van der Waals surface area contributed by atoms with Gasteiger partial charge in [0.15, 0.2) is 0 Å². The summed E-state index contributed by atoms with van der Waals surface area (Å²) < 4.78 is 15.7. The summed E-state index contributed by atoms with van der Waals surface area (Å²) in [6, 6.07) is 20.1. The summed E-state index contributed by atoms with van der Waals surface area (Å²) in [5, 5.41) is 6.21. The molecule has 0 saturated carbocycles. The van der Waals surface area contributed by atoms with Crippen molar-refractivity contribution >= 4 is 45.8 Å². The number of alkyl halides is 1. The Hall–Kier alpha value is -3.70. The van der Waals surface area contributed by atoms with Crippen molar-refractivity contribution in [2.45, 2.75) is 17.4 Å². The summed E-state index contributed by atoms with van der Waals surface area (Å²) in [5.41, 5.74) is 6.92. The van der Waals surface area contributed by atoms with Gasteiger partial charge in [-0.3, -0.25) is 9.79 Å². The molecular formula is C31H30FIN6O. The van der Waals surface area contributed by atoms with Crippen LogP contribution in [-0.2, 0) is 11.0 Å². The normalized spacial score (nSPS) is 12.3. The van der Waals surface area contributed by atoms with Crippen molar-refractivity contribution in [3.8, 4) is 11.3 Å². The van der Waals surface area contributed by atoms with Gasteiger partial charge in [0.1, 0.15) is 5.82 Å². The third-order valence-electron chi connectivity index (χ3n) is 6.62. The molecule has 1 aliphatic rings. The smallest absolute Gasteiger partial charge is 0.251 e. The van der Waals surface area contributed by atoms with Crippen molar-refractivity contribution in [2.24, 2.45) is 4.99 Å². The number of benzene rings is 3. The van der Waals surface area contributed by atoms with Crippen molar-refractivity contribution in [2.75, 3.05) is 32.5 Å². The van der Waals surface area contributed by atoms with Crippen LogP contribution in [0.4, 0.5) is 16.0 Å². The minimum absolute atomic E-state index is 0.0975. The Kier molecular flexibility index (Phi) is 8.81. The number of anilines is 2. The highest BCUT2D eigenvalue weighted by atomic mass is 127. The van der Waals surface area contributed by atoms with Crippen LogP contribution >= 0.6 is 22.6 Å². The van der Waals surface area contributed by atoms with E-state index in [-0.39, 0.29) is 11.7 Å². The Balaban J connectivity index is 1.39. The average Bonchev–Trinajstić information content (AvgIpc) is 3.12. The van der Waals surface area contributed by atoms with E-state index in [0.29, 0.717) is 35.9 Å². The van der Waals surface area contributed by atoms with Crippen molar-refractivity contribution in [3.05, 3.63) is 107 Å². The number of aliphatic imine (C=N–C) groups is 1. The molecule has 1 amide bonds. The molecule has 0 unspecified atom stereocenters.